The zero-order chi connectivity index (χ0) is 17.3. The molecule has 1 fully saturated rings. The number of rotatable bonds is 0. The Bertz CT molecular complexity index is 733. The first-order valence-corrected chi connectivity index (χ1v) is 7.73. The molecule has 0 radical (unpaired) electrons. The molecule has 126 valence electrons. The molecule has 6 nitrogen and oxygen atoms in total. The zero-order valence-corrected chi connectivity index (χ0v) is 13.1. The van der Waals surface area contributed by atoms with E-state index < -0.39 is 17.8 Å². The lowest BCUT2D eigenvalue weighted by molar-refractivity contribution is -0.114. The van der Waals surface area contributed by atoms with Crippen molar-refractivity contribution in [1.29, 1.82) is 0 Å². The number of hydrogen-bond donors (Lipinski definition) is 2. The molecule has 0 amide bonds. The fraction of sp³-hybridized carbons (Fsp3) is 0.333. The van der Waals surface area contributed by atoms with Crippen molar-refractivity contribution < 1.29 is 29.3 Å². The van der Waals surface area contributed by atoms with Gasteiger partial charge < -0.3 is 19.7 Å². The first-order valence-electron chi connectivity index (χ1n) is 7.73. The number of ether oxygens (including phenoxy) is 2. The SMILES string of the molecule is C[C@@H]1C[C@H]2O[C@@H]2C=CC=CC(=O)Cc2cc(O)cc(O)c2C(=O)O1. The maximum absolute atomic E-state index is 12.4. The highest BCUT2D eigenvalue weighted by Crippen LogP contribution is 2.31. The van der Waals surface area contributed by atoms with Gasteiger partial charge in [0.15, 0.2) is 5.78 Å². The lowest BCUT2D eigenvalue weighted by Crippen LogP contribution is -2.19. The lowest BCUT2D eigenvalue weighted by atomic mass is 10.00. The van der Waals surface area contributed by atoms with E-state index in [-0.39, 0.29) is 41.3 Å². The second kappa shape index (κ2) is 6.49. The van der Waals surface area contributed by atoms with E-state index in [0.717, 1.165) is 6.07 Å². The molecule has 0 aromatic heterocycles. The van der Waals surface area contributed by atoms with E-state index in [1.165, 1.54) is 12.1 Å². The van der Waals surface area contributed by atoms with Crippen molar-refractivity contribution in [2.75, 3.05) is 0 Å². The minimum atomic E-state index is -0.725. The Morgan fingerprint density at radius 1 is 1.17 bits per heavy atom. The van der Waals surface area contributed by atoms with Crippen LogP contribution in [0.1, 0.15) is 29.3 Å². The molecule has 0 bridgehead atoms. The summed E-state index contributed by atoms with van der Waals surface area (Å²) in [4.78, 5) is 24.4. The third-order valence-corrected chi connectivity index (χ3v) is 3.94. The lowest BCUT2D eigenvalue weighted by Gasteiger charge is -2.15. The summed E-state index contributed by atoms with van der Waals surface area (Å²) >= 11 is 0. The topological polar surface area (TPSA) is 96.4 Å². The van der Waals surface area contributed by atoms with Crippen molar-refractivity contribution in [2.45, 2.75) is 38.1 Å². The van der Waals surface area contributed by atoms with Crippen LogP contribution in [0.3, 0.4) is 0 Å². The fourth-order valence-corrected chi connectivity index (χ4v) is 2.76. The molecule has 0 aliphatic carbocycles. The minimum Gasteiger partial charge on any atom is -0.508 e. The third-order valence-electron chi connectivity index (χ3n) is 3.94. The van der Waals surface area contributed by atoms with Gasteiger partial charge in [-0.15, -0.1) is 0 Å². The van der Waals surface area contributed by atoms with Crippen LogP contribution in [0.4, 0.5) is 0 Å². The van der Waals surface area contributed by atoms with E-state index >= 15 is 0 Å². The minimum absolute atomic E-state index is 0.0241. The van der Waals surface area contributed by atoms with Gasteiger partial charge in [0.05, 0.1) is 6.10 Å². The Kier molecular flexibility index (Phi) is 4.40. The molecule has 6 heteroatoms. The van der Waals surface area contributed by atoms with Gasteiger partial charge in [-0.2, -0.15) is 0 Å². The van der Waals surface area contributed by atoms with Crippen molar-refractivity contribution in [3.8, 4) is 11.5 Å². The second-order valence-electron chi connectivity index (χ2n) is 5.98. The number of fused-ring (bicyclic) bond motifs is 2. The first-order chi connectivity index (χ1) is 11.4. The zero-order valence-electron chi connectivity index (χ0n) is 13.1. The average molecular weight is 330 g/mol. The molecule has 2 heterocycles. The molecule has 0 spiro atoms. The maximum Gasteiger partial charge on any atom is 0.342 e. The number of aromatic hydroxyl groups is 2. The first kappa shape index (κ1) is 16.3. The van der Waals surface area contributed by atoms with Gasteiger partial charge in [-0.1, -0.05) is 18.2 Å². The van der Waals surface area contributed by atoms with E-state index in [9.17, 15) is 19.8 Å². The highest BCUT2D eigenvalue weighted by Gasteiger charge is 2.38. The van der Waals surface area contributed by atoms with Gasteiger partial charge in [-0.25, -0.2) is 4.79 Å². The summed E-state index contributed by atoms with van der Waals surface area (Å²) in [5.74, 6) is -1.63. The van der Waals surface area contributed by atoms with Crippen LogP contribution >= 0.6 is 0 Å². The number of carbonyl (C=O) groups is 2. The number of hydrogen-bond acceptors (Lipinski definition) is 6. The molecule has 2 N–H and O–H groups in total. The third kappa shape index (κ3) is 3.65. The molecule has 24 heavy (non-hydrogen) atoms. The summed E-state index contributed by atoms with van der Waals surface area (Å²) in [5.41, 5.74) is 0.128. The van der Waals surface area contributed by atoms with Gasteiger partial charge >= 0.3 is 5.97 Å². The Morgan fingerprint density at radius 2 is 1.96 bits per heavy atom. The Hall–Kier alpha value is -2.60. The molecule has 1 saturated heterocycles. The summed E-state index contributed by atoms with van der Waals surface area (Å²) in [7, 11) is 0. The van der Waals surface area contributed by atoms with E-state index in [1.807, 2.05) is 6.08 Å². The summed E-state index contributed by atoms with van der Waals surface area (Å²) in [6, 6.07) is 2.34. The van der Waals surface area contributed by atoms with Gasteiger partial charge in [0.25, 0.3) is 0 Å². The van der Waals surface area contributed by atoms with Crippen LogP contribution < -0.4 is 0 Å². The predicted molar refractivity (Wildman–Crippen MR) is 84.9 cm³/mol. The number of allylic oxidation sites excluding steroid dienone is 3. The average Bonchev–Trinajstić information content (AvgIpc) is 3.19. The number of esters is 1. The quantitative estimate of drug-likeness (QED) is 0.558. The predicted octanol–water partition coefficient (Wildman–Crippen LogP) is 2.04. The van der Waals surface area contributed by atoms with Crippen molar-refractivity contribution in [2.24, 2.45) is 0 Å². The van der Waals surface area contributed by atoms with Crippen LogP contribution in [-0.4, -0.2) is 40.3 Å². The smallest absolute Gasteiger partial charge is 0.342 e. The van der Waals surface area contributed by atoms with E-state index in [2.05, 4.69) is 0 Å². The normalized spacial score (nSPS) is 27.0. The molecule has 2 aliphatic rings. The molecule has 0 unspecified atom stereocenters. The summed E-state index contributed by atoms with van der Waals surface area (Å²) in [5, 5.41) is 19.7. The van der Waals surface area contributed by atoms with E-state index in [4.69, 9.17) is 9.47 Å². The van der Waals surface area contributed by atoms with E-state index in [0.29, 0.717) is 6.42 Å². The Balaban J connectivity index is 1.96. The number of cyclic esters (lactones) is 1. The Morgan fingerprint density at radius 3 is 2.75 bits per heavy atom. The highest BCUT2D eigenvalue weighted by atomic mass is 16.6. The summed E-state index contributed by atoms with van der Waals surface area (Å²) in [6.45, 7) is 1.74. The molecule has 1 aromatic carbocycles. The number of epoxide rings is 1. The molecule has 3 rings (SSSR count). The summed E-state index contributed by atoms with van der Waals surface area (Å²) in [6.07, 6.45) is 6.51. The second-order valence-corrected chi connectivity index (χ2v) is 5.98. The van der Waals surface area contributed by atoms with Crippen molar-refractivity contribution >= 4 is 11.8 Å². The number of phenols is 2. The molecule has 0 saturated carbocycles. The van der Waals surface area contributed by atoms with Crippen molar-refractivity contribution in [1.82, 2.24) is 0 Å². The van der Waals surface area contributed by atoms with Gasteiger partial charge in [0.1, 0.15) is 29.3 Å². The Labute approximate surface area is 139 Å². The van der Waals surface area contributed by atoms with Crippen LogP contribution in [0.15, 0.2) is 36.4 Å². The van der Waals surface area contributed by atoms with Gasteiger partial charge in [-0.3, -0.25) is 4.79 Å². The van der Waals surface area contributed by atoms with Crippen LogP contribution in [0.5, 0.6) is 11.5 Å². The highest BCUT2D eigenvalue weighted by molar-refractivity contribution is 5.98. The molecular formula is C18H18O6. The van der Waals surface area contributed by atoms with Crippen LogP contribution in [0.2, 0.25) is 0 Å². The molecule has 1 aromatic rings. The molecular weight excluding hydrogens is 312 g/mol. The van der Waals surface area contributed by atoms with Crippen LogP contribution in [-0.2, 0) is 20.7 Å². The summed E-state index contributed by atoms with van der Waals surface area (Å²) < 4.78 is 10.8. The van der Waals surface area contributed by atoms with Gasteiger partial charge in [0, 0.05) is 18.9 Å². The van der Waals surface area contributed by atoms with E-state index in [1.54, 1.807) is 19.1 Å². The fourth-order valence-electron chi connectivity index (χ4n) is 2.76. The monoisotopic (exact) mass is 330 g/mol. The van der Waals surface area contributed by atoms with Crippen molar-refractivity contribution in [3.05, 3.63) is 47.6 Å². The van der Waals surface area contributed by atoms with Crippen LogP contribution in [0.25, 0.3) is 0 Å². The largest absolute Gasteiger partial charge is 0.508 e. The molecule has 3 atom stereocenters. The molecule has 2 aliphatic heterocycles. The standard InChI is InChI=1S/C18H18O6/c1-10-6-16-15(24-16)5-3-2-4-12(19)7-11-8-13(20)9-14(21)17(11)18(22)23-10/h2-5,8-10,15-16,20-21H,6-7H2,1H3/t10-,15-,16-/m1/s1. The van der Waals surface area contributed by atoms with Gasteiger partial charge in [0.2, 0.25) is 0 Å². The maximum atomic E-state index is 12.4. The number of carbonyl (C=O) groups excluding carboxylic acids is 2. The van der Waals surface area contributed by atoms with Crippen LogP contribution in [0, 0.1) is 0 Å². The van der Waals surface area contributed by atoms with Crippen molar-refractivity contribution in [3.63, 3.8) is 0 Å². The number of ketones is 1. The van der Waals surface area contributed by atoms with Gasteiger partial charge in [-0.05, 0) is 24.6 Å². The number of phenolic OH excluding ortho intramolecular Hbond substituents is 2. The number of benzene rings is 1.